The minimum Gasteiger partial charge on any atom is -0.322 e. The van der Waals surface area contributed by atoms with E-state index in [2.05, 4.69) is 22.1 Å². The maximum atomic E-state index is 12.1. The first kappa shape index (κ1) is 13.8. The van der Waals surface area contributed by atoms with E-state index in [0.717, 1.165) is 11.3 Å². The highest BCUT2D eigenvalue weighted by Gasteiger charge is 2.06. The Morgan fingerprint density at radius 1 is 1.30 bits per heavy atom. The van der Waals surface area contributed by atoms with Gasteiger partial charge < -0.3 is 11.1 Å². The van der Waals surface area contributed by atoms with Crippen molar-refractivity contribution in [1.29, 1.82) is 0 Å². The van der Waals surface area contributed by atoms with E-state index < -0.39 is 0 Å². The first-order valence-corrected chi connectivity index (χ1v) is 6.21. The summed E-state index contributed by atoms with van der Waals surface area (Å²) in [5, 5.41) is 2.82. The second-order valence-corrected chi connectivity index (χ2v) is 4.29. The molecular formula is C16H15N3O. The van der Waals surface area contributed by atoms with Crippen LogP contribution < -0.4 is 11.1 Å². The molecule has 1 heterocycles. The van der Waals surface area contributed by atoms with Gasteiger partial charge in [0.2, 0.25) is 0 Å². The average molecular weight is 265 g/mol. The topological polar surface area (TPSA) is 68.0 Å². The molecule has 2 rings (SSSR count). The van der Waals surface area contributed by atoms with Crippen LogP contribution in [-0.2, 0) is 0 Å². The zero-order valence-electron chi connectivity index (χ0n) is 11.2. The molecule has 0 radical (unpaired) electrons. The molecule has 0 unspecified atom stereocenters. The fourth-order valence-corrected chi connectivity index (χ4v) is 1.63. The summed E-state index contributed by atoms with van der Waals surface area (Å²) in [6.07, 6.45) is 3.11. The largest absolute Gasteiger partial charge is 0.322 e. The Morgan fingerprint density at radius 2 is 2.05 bits per heavy atom. The summed E-state index contributed by atoms with van der Waals surface area (Å²) in [6.45, 7) is 2.27. The van der Waals surface area contributed by atoms with Crippen LogP contribution >= 0.6 is 0 Å². The molecule has 1 aromatic heterocycles. The Kier molecular flexibility index (Phi) is 4.48. The third-order valence-corrected chi connectivity index (χ3v) is 2.64. The number of carbonyl (C=O) groups is 1. The number of hydrogen-bond acceptors (Lipinski definition) is 3. The molecule has 0 bridgehead atoms. The fourth-order valence-electron chi connectivity index (χ4n) is 1.63. The maximum absolute atomic E-state index is 12.1. The van der Waals surface area contributed by atoms with Crippen molar-refractivity contribution in [1.82, 2.24) is 4.98 Å². The van der Waals surface area contributed by atoms with Crippen LogP contribution in [0.15, 0.2) is 42.7 Å². The molecule has 20 heavy (non-hydrogen) atoms. The molecule has 0 spiro atoms. The summed E-state index contributed by atoms with van der Waals surface area (Å²) in [5.41, 5.74) is 8.35. The Labute approximate surface area is 118 Å². The Hall–Kier alpha value is -2.64. The van der Waals surface area contributed by atoms with Gasteiger partial charge in [-0.05, 0) is 25.1 Å². The Morgan fingerprint density at radius 3 is 2.75 bits per heavy atom. The van der Waals surface area contributed by atoms with Crippen molar-refractivity contribution in [2.75, 3.05) is 11.9 Å². The van der Waals surface area contributed by atoms with Crippen LogP contribution in [0.4, 0.5) is 5.69 Å². The summed E-state index contributed by atoms with van der Waals surface area (Å²) in [7, 11) is 0. The van der Waals surface area contributed by atoms with Gasteiger partial charge >= 0.3 is 0 Å². The quantitative estimate of drug-likeness (QED) is 0.815. The van der Waals surface area contributed by atoms with Gasteiger partial charge in [-0.1, -0.05) is 29.5 Å². The molecule has 0 atom stereocenters. The maximum Gasteiger partial charge on any atom is 0.257 e. The van der Waals surface area contributed by atoms with Crippen LogP contribution in [0, 0.1) is 18.8 Å². The lowest BCUT2D eigenvalue weighted by molar-refractivity contribution is 0.102. The lowest BCUT2D eigenvalue weighted by Crippen LogP contribution is -2.12. The Balaban J connectivity index is 2.14. The molecule has 3 N–H and O–H groups in total. The zero-order valence-corrected chi connectivity index (χ0v) is 11.2. The molecule has 1 aromatic carbocycles. The van der Waals surface area contributed by atoms with E-state index in [1.165, 1.54) is 6.20 Å². The van der Waals surface area contributed by atoms with Gasteiger partial charge in [0.15, 0.2) is 0 Å². The molecule has 4 nitrogen and oxygen atoms in total. The first-order valence-electron chi connectivity index (χ1n) is 6.21. The number of rotatable bonds is 2. The van der Waals surface area contributed by atoms with Crippen LogP contribution in [0.25, 0.3) is 0 Å². The standard InChI is InChI=1S/C16H15N3O/c1-12-4-6-15(7-5-12)19-16(20)14-9-13(3-2-8-17)10-18-11-14/h4-7,9-11H,8,17H2,1H3,(H,19,20). The van der Waals surface area contributed by atoms with E-state index in [1.54, 1.807) is 12.3 Å². The van der Waals surface area contributed by atoms with E-state index in [0.29, 0.717) is 11.1 Å². The highest BCUT2D eigenvalue weighted by Crippen LogP contribution is 2.11. The molecule has 2 aromatic rings. The second kappa shape index (κ2) is 6.50. The van der Waals surface area contributed by atoms with Crippen LogP contribution in [0.2, 0.25) is 0 Å². The van der Waals surface area contributed by atoms with E-state index in [4.69, 9.17) is 5.73 Å². The SMILES string of the molecule is Cc1ccc(NC(=O)c2cncc(C#CCN)c2)cc1. The third-order valence-electron chi connectivity index (χ3n) is 2.64. The molecule has 100 valence electrons. The molecule has 0 aliphatic heterocycles. The van der Waals surface area contributed by atoms with E-state index in [-0.39, 0.29) is 12.5 Å². The number of hydrogen-bond donors (Lipinski definition) is 2. The van der Waals surface area contributed by atoms with Gasteiger partial charge in [-0.3, -0.25) is 9.78 Å². The van der Waals surface area contributed by atoms with Gasteiger partial charge in [0.05, 0.1) is 12.1 Å². The molecule has 1 amide bonds. The Bertz CT molecular complexity index is 666. The predicted octanol–water partition coefficient (Wildman–Crippen LogP) is 1.95. The van der Waals surface area contributed by atoms with Crippen molar-refractivity contribution in [3.05, 3.63) is 59.4 Å². The molecule has 0 aliphatic carbocycles. The smallest absolute Gasteiger partial charge is 0.257 e. The lowest BCUT2D eigenvalue weighted by atomic mass is 10.2. The minimum absolute atomic E-state index is 0.210. The molecule has 0 saturated heterocycles. The van der Waals surface area contributed by atoms with Gasteiger partial charge in [0, 0.05) is 23.6 Å². The second-order valence-electron chi connectivity index (χ2n) is 4.29. The van der Waals surface area contributed by atoms with Gasteiger partial charge in [-0.25, -0.2) is 0 Å². The average Bonchev–Trinajstić information content (AvgIpc) is 2.48. The number of aryl methyl sites for hydroxylation is 1. The van der Waals surface area contributed by atoms with Crippen molar-refractivity contribution in [2.45, 2.75) is 6.92 Å². The summed E-state index contributed by atoms with van der Waals surface area (Å²) >= 11 is 0. The zero-order chi connectivity index (χ0) is 14.4. The fraction of sp³-hybridized carbons (Fsp3) is 0.125. The van der Waals surface area contributed by atoms with Gasteiger partial charge in [0.1, 0.15) is 0 Å². The van der Waals surface area contributed by atoms with Crippen molar-refractivity contribution in [3.63, 3.8) is 0 Å². The van der Waals surface area contributed by atoms with Crippen molar-refractivity contribution in [3.8, 4) is 11.8 Å². The van der Waals surface area contributed by atoms with Crippen LogP contribution in [0.3, 0.4) is 0 Å². The summed E-state index contributed by atoms with van der Waals surface area (Å²) < 4.78 is 0. The molecular weight excluding hydrogens is 250 g/mol. The number of carbonyl (C=O) groups excluding carboxylic acids is 1. The highest BCUT2D eigenvalue weighted by atomic mass is 16.1. The number of aromatic nitrogens is 1. The third kappa shape index (κ3) is 3.67. The number of nitrogens with two attached hydrogens (primary N) is 1. The van der Waals surface area contributed by atoms with Crippen LogP contribution in [-0.4, -0.2) is 17.4 Å². The highest BCUT2D eigenvalue weighted by molar-refractivity contribution is 6.04. The number of nitrogens with one attached hydrogen (secondary N) is 1. The number of pyridine rings is 1. The normalized spacial score (nSPS) is 9.50. The van der Waals surface area contributed by atoms with Gasteiger partial charge in [-0.2, -0.15) is 0 Å². The van der Waals surface area contributed by atoms with Crippen molar-refractivity contribution >= 4 is 11.6 Å². The summed E-state index contributed by atoms with van der Waals surface area (Å²) in [5.74, 6) is 5.38. The van der Waals surface area contributed by atoms with Gasteiger partial charge in [-0.15, -0.1) is 0 Å². The van der Waals surface area contributed by atoms with Crippen LogP contribution in [0.5, 0.6) is 0 Å². The number of amides is 1. The number of nitrogens with zero attached hydrogens (tertiary/aromatic N) is 1. The summed E-state index contributed by atoms with van der Waals surface area (Å²) in [4.78, 5) is 16.1. The van der Waals surface area contributed by atoms with E-state index in [9.17, 15) is 4.79 Å². The lowest BCUT2D eigenvalue weighted by Gasteiger charge is -2.05. The first-order chi connectivity index (χ1) is 9.69. The minimum atomic E-state index is -0.210. The van der Waals surface area contributed by atoms with E-state index >= 15 is 0 Å². The molecule has 0 saturated carbocycles. The monoisotopic (exact) mass is 265 g/mol. The van der Waals surface area contributed by atoms with Crippen molar-refractivity contribution in [2.24, 2.45) is 5.73 Å². The number of benzene rings is 1. The molecule has 4 heteroatoms. The predicted molar refractivity (Wildman–Crippen MR) is 79.3 cm³/mol. The van der Waals surface area contributed by atoms with E-state index in [1.807, 2.05) is 31.2 Å². The molecule has 0 fully saturated rings. The molecule has 0 aliphatic rings. The van der Waals surface area contributed by atoms with Crippen molar-refractivity contribution < 1.29 is 4.79 Å². The van der Waals surface area contributed by atoms with Crippen LogP contribution in [0.1, 0.15) is 21.5 Å². The summed E-state index contributed by atoms with van der Waals surface area (Å²) in [6, 6.07) is 9.30. The van der Waals surface area contributed by atoms with Gasteiger partial charge in [0.25, 0.3) is 5.91 Å². The number of anilines is 1.